The quantitative estimate of drug-likeness (QED) is 0.186. The Hall–Kier alpha value is -4.23. The van der Waals surface area contributed by atoms with E-state index in [4.69, 9.17) is 27.9 Å². The molecule has 1 aliphatic rings. The first kappa shape index (κ1) is 38.0. The van der Waals surface area contributed by atoms with Crippen LogP contribution in [0.2, 0.25) is 10.0 Å². The summed E-state index contributed by atoms with van der Waals surface area (Å²) in [5.41, 5.74) is 5.07. The number of benzene rings is 2. The van der Waals surface area contributed by atoms with Crippen molar-refractivity contribution in [3.63, 3.8) is 0 Å². The van der Waals surface area contributed by atoms with E-state index < -0.39 is 5.91 Å². The highest BCUT2D eigenvalue weighted by Gasteiger charge is 2.29. The second-order valence-corrected chi connectivity index (χ2v) is 13.9. The second kappa shape index (κ2) is 16.9. The minimum Gasteiger partial charge on any atom is -0.383 e. The van der Waals surface area contributed by atoms with Crippen molar-refractivity contribution in [2.75, 3.05) is 65.9 Å². The molecule has 51 heavy (non-hydrogen) atoms. The van der Waals surface area contributed by atoms with E-state index >= 15 is 0 Å². The Bertz CT molecular complexity index is 1880. The zero-order valence-corrected chi connectivity index (χ0v) is 31.6. The largest absolute Gasteiger partial charge is 0.383 e. The number of rotatable bonds is 13. The summed E-state index contributed by atoms with van der Waals surface area (Å²) in [4.78, 5) is 49.9. The number of carbonyl (C=O) groups is 3. The van der Waals surface area contributed by atoms with Crippen molar-refractivity contribution in [1.29, 1.82) is 0 Å². The number of amides is 3. The molecule has 1 unspecified atom stereocenters. The van der Waals surface area contributed by atoms with Gasteiger partial charge in [-0.25, -0.2) is 4.98 Å². The molecule has 0 saturated carbocycles. The molecule has 1 N–H and O–H groups in total. The highest BCUT2D eigenvalue weighted by atomic mass is 35.5. The minimum absolute atomic E-state index is 0.0213. The van der Waals surface area contributed by atoms with Gasteiger partial charge < -0.3 is 29.3 Å². The summed E-state index contributed by atoms with van der Waals surface area (Å²) in [6, 6.07) is 10.6. The van der Waals surface area contributed by atoms with Gasteiger partial charge in [-0.1, -0.05) is 42.3 Å². The summed E-state index contributed by atoms with van der Waals surface area (Å²) in [7, 11) is 7.42. The molecule has 0 aliphatic carbocycles. The molecule has 3 heterocycles. The molecule has 1 aliphatic heterocycles. The molecule has 12 nitrogen and oxygen atoms in total. The van der Waals surface area contributed by atoms with Crippen LogP contribution in [0.5, 0.6) is 0 Å². The fourth-order valence-electron chi connectivity index (χ4n) is 6.32. The summed E-state index contributed by atoms with van der Waals surface area (Å²) >= 11 is 13.4. The molecular formula is C37H46Cl2N8O4. The lowest BCUT2D eigenvalue weighted by Crippen LogP contribution is -2.52. The van der Waals surface area contributed by atoms with Crippen LogP contribution < -0.4 is 5.32 Å². The lowest BCUT2D eigenvalue weighted by atomic mass is 10.00. The Morgan fingerprint density at radius 3 is 2.35 bits per heavy atom. The Morgan fingerprint density at radius 2 is 1.71 bits per heavy atom. The number of halogens is 2. The molecular weight excluding hydrogens is 691 g/mol. The first-order valence-corrected chi connectivity index (χ1v) is 17.9. The number of ether oxygens (including phenoxy) is 1. The number of anilines is 1. The lowest BCUT2D eigenvalue weighted by molar-refractivity contribution is -0.137. The maximum Gasteiger partial charge on any atom is 0.291 e. The van der Waals surface area contributed by atoms with E-state index in [9.17, 15) is 14.4 Å². The predicted molar refractivity (Wildman–Crippen MR) is 200 cm³/mol. The molecule has 1 atom stereocenters. The first-order valence-electron chi connectivity index (χ1n) is 17.1. The molecule has 5 rings (SSSR count). The molecule has 4 aromatic rings. The number of methoxy groups -OCH3 is 1. The second-order valence-electron chi connectivity index (χ2n) is 13.0. The lowest BCUT2D eigenvalue weighted by Gasteiger charge is -2.36. The normalized spacial score (nSPS) is 13.9. The van der Waals surface area contributed by atoms with Crippen molar-refractivity contribution < 1.29 is 19.1 Å². The topological polar surface area (TPSA) is 118 Å². The number of imidazole rings is 1. The minimum atomic E-state index is -0.442. The molecule has 0 bridgehead atoms. The van der Waals surface area contributed by atoms with Crippen LogP contribution in [0.15, 0.2) is 48.8 Å². The first-order chi connectivity index (χ1) is 24.4. The van der Waals surface area contributed by atoms with Gasteiger partial charge >= 0.3 is 0 Å². The standard InChI is InChI=1S/C37H46Cl2N8O4/c1-7-25(12-13-43(3)4)36(49)45-14-16-46(17-15-45)37(50)29-11-9-27(21-32(29)39)42-35(48)34-40-23-33(44(34)5)28-10-8-26(20-31(28)38)30-22-41-47(24(30)2)18-19-51-6/h8-11,20-23,25H,7,12-19H2,1-6H3,(H,42,48). The van der Waals surface area contributed by atoms with Crippen LogP contribution in [0.1, 0.15) is 46.4 Å². The third-order valence-electron chi connectivity index (χ3n) is 9.46. The summed E-state index contributed by atoms with van der Waals surface area (Å²) < 4.78 is 8.76. The Balaban J connectivity index is 1.21. The molecule has 1 fully saturated rings. The number of nitrogens with one attached hydrogen (secondary N) is 1. The van der Waals surface area contributed by atoms with Gasteiger partial charge in [-0.3, -0.25) is 19.1 Å². The molecule has 0 radical (unpaired) electrons. The van der Waals surface area contributed by atoms with Gasteiger partial charge in [0.15, 0.2) is 5.82 Å². The highest BCUT2D eigenvalue weighted by molar-refractivity contribution is 6.34. The van der Waals surface area contributed by atoms with Crippen molar-refractivity contribution in [1.82, 2.24) is 34.0 Å². The number of hydrogen-bond acceptors (Lipinski definition) is 7. The zero-order valence-electron chi connectivity index (χ0n) is 30.1. The monoisotopic (exact) mass is 736 g/mol. The van der Waals surface area contributed by atoms with E-state index in [2.05, 4.69) is 20.3 Å². The Labute approximate surface area is 309 Å². The van der Waals surface area contributed by atoms with Gasteiger partial charge in [0.2, 0.25) is 5.91 Å². The van der Waals surface area contributed by atoms with Crippen molar-refractivity contribution in [3.05, 3.63) is 75.9 Å². The third-order valence-corrected chi connectivity index (χ3v) is 10.1. The van der Waals surface area contributed by atoms with E-state index in [1.807, 2.05) is 61.9 Å². The number of aromatic nitrogens is 4. The van der Waals surface area contributed by atoms with E-state index in [1.165, 1.54) is 0 Å². The van der Waals surface area contributed by atoms with Gasteiger partial charge in [-0.15, -0.1) is 0 Å². The summed E-state index contributed by atoms with van der Waals surface area (Å²) in [5.74, 6) is -0.346. The average molecular weight is 738 g/mol. The van der Waals surface area contributed by atoms with Gasteiger partial charge in [-0.2, -0.15) is 5.10 Å². The molecule has 2 aromatic carbocycles. The number of carbonyl (C=O) groups excluding carboxylic acids is 3. The summed E-state index contributed by atoms with van der Waals surface area (Å²) in [6.07, 6.45) is 5.03. The number of nitrogens with zero attached hydrogens (tertiary/aromatic N) is 7. The Kier molecular flexibility index (Phi) is 12.6. The molecule has 14 heteroatoms. The average Bonchev–Trinajstić information content (AvgIpc) is 3.68. The highest BCUT2D eigenvalue weighted by Crippen LogP contribution is 2.34. The van der Waals surface area contributed by atoms with Crippen LogP contribution in [-0.2, 0) is 23.1 Å². The van der Waals surface area contributed by atoms with Crippen LogP contribution in [0.4, 0.5) is 5.69 Å². The molecule has 0 spiro atoms. The van der Waals surface area contributed by atoms with Crippen LogP contribution in [0.3, 0.4) is 0 Å². The van der Waals surface area contributed by atoms with Gasteiger partial charge in [0.25, 0.3) is 11.8 Å². The van der Waals surface area contributed by atoms with Crippen LogP contribution in [-0.4, -0.2) is 112 Å². The van der Waals surface area contributed by atoms with Crippen molar-refractivity contribution in [2.45, 2.75) is 33.2 Å². The zero-order chi connectivity index (χ0) is 36.8. The smallest absolute Gasteiger partial charge is 0.291 e. The van der Waals surface area contributed by atoms with Crippen molar-refractivity contribution in [3.8, 4) is 22.4 Å². The fourth-order valence-corrected chi connectivity index (χ4v) is 6.86. The van der Waals surface area contributed by atoms with Crippen LogP contribution >= 0.6 is 23.2 Å². The molecule has 1 saturated heterocycles. The maximum absolute atomic E-state index is 13.4. The van der Waals surface area contributed by atoms with E-state index in [1.54, 1.807) is 48.0 Å². The molecule has 272 valence electrons. The SMILES string of the molecule is CCC(CCN(C)C)C(=O)N1CCN(C(=O)c2ccc(NC(=O)c3ncc(-c4ccc(-c5cnn(CCOC)c5C)cc4Cl)n3C)cc2Cl)CC1. The Morgan fingerprint density at radius 1 is 0.980 bits per heavy atom. The summed E-state index contributed by atoms with van der Waals surface area (Å²) in [5, 5.41) is 8.04. The van der Waals surface area contributed by atoms with Crippen molar-refractivity contribution >= 4 is 46.6 Å². The fraction of sp³-hybridized carbons (Fsp3) is 0.432. The number of piperazine rings is 1. The molecule has 2 aromatic heterocycles. The third kappa shape index (κ3) is 8.64. The van der Waals surface area contributed by atoms with Crippen molar-refractivity contribution in [2.24, 2.45) is 13.0 Å². The van der Waals surface area contributed by atoms with Gasteiger partial charge in [0.05, 0.1) is 46.8 Å². The predicted octanol–water partition coefficient (Wildman–Crippen LogP) is 5.73. The summed E-state index contributed by atoms with van der Waals surface area (Å²) in [6.45, 7) is 7.95. The van der Waals surface area contributed by atoms with Crippen LogP contribution in [0, 0.1) is 12.8 Å². The van der Waals surface area contributed by atoms with Crippen LogP contribution in [0.25, 0.3) is 22.4 Å². The van der Waals surface area contributed by atoms with Gasteiger partial charge in [0, 0.05) is 68.8 Å². The van der Waals surface area contributed by atoms with E-state index in [0.717, 1.165) is 41.8 Å². The maximum atomic E-state index is 13.4. The van der Waals surface area contributed by atoms with Gasteiger partial charge in [0.1, 0.15) is 0 Å². The van der Waals surface area contributed by atoms with Gasteiger partial charge in [-0.05, 0) is 70.2 Å². The number of hydrogen-bond donors (Lipinski definition) is 1. The van der Waals surface area contributed by atoms with E-state index in [-0.39, 0.29) is 28.6 Å². The van der Waals surface area contributed by atoms with E-state index in [0.29, 0.717) is 61.3 Å². The molecule has 3 amide bonds.